The van der Waals surface area contributed by atoms with Gasteiger partial charge in [-0.15, -0.1) is 12.6 Å². The average molecular weight is 241 g/mol. The van der Waals surface area contributed by atoms with Gasteiger partial charge in [-0.25, -0.2) is 0 Å². The molecule has 0 saturated heterocycles. The first-order valence-corrected chi connectivity index (χ1v) is 5.00. The molecule has 0 atom stereocenters. The predicted octanol–water partition coefficient (Wildman–Crippen LogP) is 3.31. The third-order valence-electron chi connectivity index (χ3n) is 1.82. The molecule has 3 nitrogen and oxygen atoms in total. The normalized spacial score (nSPS) is 11.9. The van der Waals surface area contributed by atoms with Gasteiger partial charge in [0.1, 0.15) is 11.7 Å². The molecule has 1 aromatic carbocycles. The highest BCUT2D eigenvalue weighted by Gasteiger charge is 2.09. The topological polar surface area (TPSA) is 53.3 Å². The fourth-order valence-electron chi connectivity index (χ4n) is 1.08. The van der Waals surface area contributed by atoms with Crippen molar-refractivity contribution in [1.29, 1.82) is 5.41 Å². The summed E-state index contributed by atoms with van der Waals surface area (Å²) in [5.41, 5.74) is 1.14. The Labute approximate surface area is 98.0 Å². The van der Waals surface area contributed by atoms with Crippen LogP contribution in [0.5, 0.6) is 0 Å². The van der Waals surface area contributed by atoms with E-state index in [0.29, 0.717) is 10.5 Å². The third-order valence-corrected chi connectivity index (χ3v) is 2.58. The first kappa shape index (κ1) is 11.9. The first-order chi connectivity index (χ1) is 7.16. The van der Waals surface area contributed by atoms with Crippen LogP contribution in [0.3, 0.4) is 0 Å². The Bertz CT molecular complexity index is 403. The summed E-state index contributed by atoms with van der Waals surface area (Å²) in [7, 11) is 0. The van der Waals surface area contributed by atoms with E-state index in [1.54, 1.807) is 0 Å². The van der Waals surface area contributed by atoms with Crippen molar-refractivity contribution >= 4 is 34.3 Å². The van der Waals surface area contributed by atoms with Gasteiger partial charge in [0.25, 0.3) is 0 Å². The number of thiol groups is 1. The van der Waals surface area contributed by atoms with Crippen molar-refractivity contribution in [3.05, 3.63) is 46.4 Å². The fourth-order valence-corrected chi connectivity index (χ4v) is 1.63. The van der Waals surface area contributed by atoms with E-state index in [-0.39, 0.29) is 11.7 Å². The summed E-state index contributed by atoms with van der Waals surface area (Å²) in [4.78, 5) is 10.7. The van der Waals surface area contributed by atoms with Crippen molar-refractivity contribution in [2.24, 2.45) is 5.18 Å². The lowest BCUT2D eigenvalue weighted by molar-refractivity contribution is 1.19. The van der Waals surface area contributed by atoms with Crippen LogP contribution in [0.15, 0.2) is 41.1 Å². The number of rotatable bonds is 4. The van der Waals surface area contributed by atoms with Gasteiger partial charge in [-0.05, 0) is 5.56 Å². The van der Waals surface area contributed by atoms with E-state index >= 15 is 0 Å². The minimum absolute atomic E-state index is 0.143. The second-order valence-corrected chi connectivity index (χ2v) is 3.62. The van der Waals surface area contributed by atoms with E-state index in [9.17, 15) is 4.91 Å². The van der Waals surface area contributed by atoms with E-state index in [0.717, 1.165) is 5.56 Å². The van der Waals surface area contributed by atoms with Crippen LogP contribution in [-0.2, 0) is 0 Å². The van der Waals surface area contributed by atoms with E-state index in [1.165, 1.54) is 0 Å². The molecule has 0 radical (unpaired) electrons. The van der Waals surface area contributed by atoms with Crippen molar-refractivity contribution in [2.45, 2.75) is 0 Å². The molecule has 0 aliphatic heterocycles. The van der Waals surface area contributed by atoms with Gasteiger partial charge in [-0.3, -0.25) is 5.41 Å². The molecule has 1 rings (SSSR count). The third kappa shape index (κ3) is 3.18. The minimum Gasteiger partial charge on any atom is -0.289 e. The van der Waals surface area contributed by atoms with Crippen molar-refractivity contribution < 1.29 is 0 Å². The quantitative estimate of drug-likeness (QED) is 0.474. The molecule has 0 spiro atoms. The molecule has 0 aromatic heterocycles. The predicted molar refractivity (Wildman–Crippen MR) is 66.6 cm³/mol. The van der Waals surface area contributed by atoms with E-state index < -0.39 is 0 Å². The maximum absolute atomic E-state index is 10.2. The molecule has 1 aromatic rings. The highest BCUT2D eigenvalue weighted by atomic mass is 35.5. The van der Waals surface area contributed by atoms with Crippen LogP contribution < -0.4 is 0 Å². The van der Waals surface area contributed by atoms with Crippen molar-refractivity contribution in [3.8, 4) is 0 Å². The molecule has 0 fully saturated rings. The van der Waals surface area contributed by atoms with Crippen LogP contribution in [0.2, 0.25) is 0 Å². The van der Waals surface area contributed by atoms with E-state index in [4.69, 9.17) is 17.0 Å². The number of halogens is 1. The summed E-state index contributed by atoms with van der Waals surface area (Å²) in [6.07, 6.45) is 0. The molecule has 15 heavy (non-hydrogen) atoms. The number of nitroso groups, excluding NO2 is 1. The van der Waals surface area contributed by atoms with Crippen LogP contribution in [0, 0.1) is 10.3 Å². The molecule has 0 heterocycles. The second kappa shape index (κ2) is 5.68. The first-order valence-electron chi connectivity index (χ1n) is 4.18. The number of hydrogen-bond acceptors (Lipinski definition) is 4. The van der Waals surface area contributed by atoms with Crippen molar-refractivity contribution in [2.75, 3.05) is 6.54 Å². The number of hydrogen-bond donors (Lipinski definition) is 2. The Hall–Kier alpha value is -1.13. The minimum atomic E-state index is -0.205. The van der Waals surface area contributed by atoms with Crippen LogP contribution in [0.1, 0.15) is 5.56 Å². The van der Waals surface area contributed by atoms with Gasteiger partial charge in [0.05, 0.1) is 0 Å². The Morgan fingerprint density at radius 2 is 2.00 bits per heavy atom. The van der Waals surface area contributed by atoms with E-state index in [2.05, 4.69) is 17.8 Å². The molecule has 5 heteroatoms. The Morgan fingerprint density at radius 1 is 1.40 bits per heavy atom. The number of benzene rings is 1. The Balaban J connectivity index is 3.16. The summed E-state index contributed by atoms with van der Waals surface area (Å²) in [6.45, 7) is -0.143. The lowest BCUT2D eigenvalue weighted by Crippen LogP contribution is -1.99. The van der Waals surface area contributed by atoms with E-state index in [1.807, 2.05) is 30.3 Å². The molecule has 0 amide bonds. The van der Waals surface area contributed by atoms with Crippen LogP contribution in [-0.4, -0.2) is 11.7 Å². The molecule has 0 saturated carbocycles. The Morgan fingerprint density at radius 3 is 2.47 bits per heavy atom. The second-order valence-electron chi connectivity index (χ2n) is 2.79. The zero-order chi connectivity index (χ0) is 11.3. The van der Waals surface area contributed by atoms with Gasteiger partial charge < -0.3 is 0 Å². The summed E-state index contributed by atoms with van der Waals surface area (Å²) in [5.74, 6) is 0. The number of nitrogens with one attached hydrogen (secondary N) is 1. The van der Waals surface area contributed by atoms with Gasteiger partial charge in [0.15, 0.2) is 0 Å². The maximum Gasteiger partial charge on any atom is 0.127 e. The maximum atomic E-state index is 10.2. The summed E-state index contributed by atoms with van der Waals surface area (Å²) in [6, 6.07) is 9.21. The molecular weight excluding hydrogens is 232 g/mol. The van der Waals surface area contributed by atoms with Crippen LogP contribution in [0.25, 0.3) is 4.91 Å². The average Bonchev–Trinajstić information content (AvgIpc) is 2.26. The molecule has 0 unspecified atom stereocenters. The van der Waals surface area contributed by atoms with Crippen molar-refractivity contribution in [3.63, 3.8) is 0 Å². The van der Waals surface area contributed by atoms with Gasteiger partial charge in [0, 0.05) is 10.5 Å². The zero-order valence-electron chi connectivity index (χ0n) is 7.77. The zero-order valence-corrected chi connectivity index (χ0v) is 9.42. The molecule has 0 aliphatic carbocycles. The smallest absolute Gasteiger partial charge is 0.127 e. The van der Waals surface area contributed by atoms with Crippen LogP contribution >= 0.6 is 24.2 Å². The molecular formula is C10H9ClN2OS. The van der Waals surface area contributed by atoms with Gasteiger partial charge in [-0.1, -0.05) is 47.1 Å². The highest BCUT2D eigenvalue weighted by molar-refractivity contribution is 7.90. The molecule has 78 valence electrons. The summed E-state index contributed by atoms with van der Waals surface area (Å²) in [5, 5.41) is 9.81. The van der Waals surface area contributed by atoms with Gasteiger partial charge in [-0.2, -0.15) is 4.91 Å². The largest absolute Gasteiger partial charge is 0.289 e. The van der Waals surface area contributed by atoms with Gasteiger partial charge in [0.2, 0.25) is 0 Å². The molecule has 0 aliphatic rings. The SMILES string of the molecule is N=C(Cl)/C(CN=O)=C(\S)c1ccccc1. The standard InChI is InChI=1S/C10H9ClN2OS/c11-10(12)8(6-13-14)9(15)7-4-2-1-3-5-7/h1-5,12,15H,6H2/b9-8-,12-10?. The molecule has 0 bridgehead atoms. The Kier molecular flexibility index (Phi) is 4.52. The highest BCUT2D eigenvalue weighted by Crippen LogP contribution is 2.24. The number of nitrogens with zero attached hydrogens (tertiary/aromatic N) is 1. The molecule has 1 N–H and O–H groups in total. The summed E-state index contributed by atoms with van der Waals surface area (Å²) < 4.78 is 0. The summed E-state index contributed by atoms with van der Waals surface area (Å²) >= 11 is 9.79. The lowest BCUT2D eigenvalue weighted by Gasteiger charge is -2.05. The van der Waals surface area contributed by atoms with Gasteiger partial charge >= 0.3 is 0 Å². The lowest BCUT2D eigenvalue weighted by atomic mass is 10.1. The van der Waals surface area contributed by atoms with Crippen molar-refractivity contribution in [1.82, 2.24) is 0 Å². The fraction of sp³-hybridized carbons (Fsp3) is 0.100. The van der Waals surface area contributed by atoms with Crippen LogP contribution in [0.4, 0.5) is 0 Å². The monoisotopic (exact) mass is 240 g/mol.